The number of nitrogens with one attached hydrogen (secondary N) is 1. The van der Waals surface area contributed by atoms with E-state index in [1.54, 1.807) is 0 Å². The molecule has 2 aromatic rings. The van der Waals surface area contributed by atoms with E-state index in [-0.39, 0.29) is 18.0 Å². The van der Waals surface area contributed by atoms with Gasteiger partial charge in [-0.05, 0) is 55.0 Å². The Kier molecular flexibility index (Phi) is 7.66. The molecule has 1 aliphatic carbocycles. The third-order valence-corrected chi connectivity index (χ3v) is 6.15. The quantitative estimate of drug-likeness (QED) is 0.534. The Bertz CT molecular complexity index is 929. The standard InChI is InChI=1S/C22H22Br2N2O4/c1-29-21(27)17-11-20(26-16-9-5-14(24)6-10-16)18(22(28)30-2)12-19(17)25-15-7-3-13(23)4-8-15/h3-10,17-19,25H,11-12H2,1-2H3. The van der Waals surface area contributed by atoms with Crippen LogP contribution in [0.25, 0.3) is 0 Å². The number of ether oxygens (including phenoxy) is 2. The minimum atomic E-state index is -0.549. The van der Waals surface area contributed by atoms with Crippen molar-refractivity contribution >= 4 is 60.9 Å². The van der Waals surface area contributed by atoms with Crippen molar-refractivity contribution < 1.29 is 19.1 Å². The Morgan fingerprint density at radius 3 is 2.07 bits per heavy atom. The lowest BCUT2D eigenvalue weighted by atomic mass is 9.76. The molecule has 1 fully saturated rings. The van der Waals surface area contributed by atoms with Gasteiger partial charge in [-0.1, -0.05) is 31.9 Å². The maximum atomic E-state index is 12.6. The Morgan fingerprint density at radius 2 is 1.50 bits per heavy atom. The molecule has 0 saturated heterocycles. The van der Waals surface area contributed by atoms with E-state index in [0.717, 1.165) is 14.6 Å². The number of hydrogen-bond acceptors (Lipinski definition) is 6. The number of hydrogen-bond donors (Lipinski definition) is 1. The highest BCUT2D eigenvalue weighted by molar-refractivity contribution is 9.10. The lowest BCUT2D eigenvalue weighted by Gasteiger charge is -2.35. The van der Waals surface area contributed by atoms with Crippen molar-refractivity contribution in [3.63, 3.8) is 0 Å². The van der Waals surface area contributed by atoms with Crippen LogP contribution < -0.4 is 5.32 Å². The molecule has 0 aromatic heterocycles. The van der Waals surface area contributed by atoms with E-state index in [1.807, 2.05) is 48.5 Å². The molecule has 0 amide bonds. The number of methoxy groups -OCH3 is 2. The molecular formula is C22H22Br2N2O4. The van der Waals surface area contributed by atoms with Crippen molar-refractivity contribution in [2.75, 3.05) is 19.5 Å². The Morgan fingerprint density at radius 1 is 0.933 bits per heavy atom. The van der Waals surface area contributed by atoms with Gasteiger partial charge in [0.2, 0.25) is 0 Å². The Labute approximate surface area is 192 Å². The van der Waals surface area contributed by atoms with Gasteiger partial charge in [0.25, 0.3) is 0 Å². The molecule has 158 valence electrons. The minimum absolute atomic E-state index is 0.299. The number of carbonyl (C=O) groups is 2. The second-order valence-corrected chi connectivity index (χ2v) is 8.81. The monoisotopic (exact) mass is 536 g/mol. The van der Waals surface area contributed by atoms with E-state index in [4.69, 9.17) is 9.47 Å². The Hall–Kier alpha value is -2.19. The molecule has 1 aliphatic rings. The van der Waals surface area contributed by atoms with Crippen LogP contribution >= 0.6 is 31.9 Å². The second kappa shape index (κ2) is 10.2. The van der Waals surface area contributed by atoms with Crippen LogP contribution in [0.2, 0.25) is 0 Å². The average molecular weight is 538 g/mol. The van der Waals surface area contributed by atoms with Crippen molar-refractivity contribution in [3.8, 4) is 0 Å². The lowest BCUT2D eigenvalue weighted by molar-refractivity contribution is -0.148. The molecule has 1 saturated carbocycles. The summed E-state index contributed by atoms with van der Waals surface area (Å²) < 4.78 is 12.0. The minimum Gasteiger partial charge on any atom is -0.469 e. The lowest BCUT2D eigenvalue weighted by Crippen LogP contribution is -2.46. The summed E-state index contributed by atoms with van der Waals surface area (Å²) >= 11 is 6.82. The van der Waals surface area contributed by atoms with Gasteiger partial charge in [0.15, 0.2) is 0 Å². The van der Waals surface area contributed by atoms with Crippen LogP contribution in [0.5, 0.6) is 0 Å². The molecule has 0 heterocycles. The van der Waals surface area contributed by atoms with Gasteiger partial charge < -0.3 is 14.8 Å². The molecule has 0 radical (unpaired) electrons. The van der Waals surface area contributed by atoms with Crippen molar-refractivity contribution in [1.82, 2.24) is 0 Å². The molecule has 3 atom stereocenters. The predicted octanol–water partition coefficient (Wildman–Crippen LogP) is 5.14. The summed E-state index contributed by atoms with van der Waals surface area (Å²) in [7, 11) is 2.74. The summed E-state index contributed by atoms with van der Waals surface area (Å²) in [4.78, 5) is 29.8. The molecule has 1 N–H and O–H groups in total. The zero-order chi connectivity index (χ0) is 21.7. The van der Waals surface area contributed by atoms with Gasteiger partial charge in [0, 0.05) is 32.8 Å². The van der Waals surface area contributed by atoms with Crippen LogP contribution in [0.15, 0.2) is 62.5 Å². The van der Waals surface area contributed by atoms with Gasteiger partial charge in [-0.3, -0.25) is 14.6 Å². The number of carbonyl (C=O) groups excluding carboxylic acids is 2. The number of halogens is 2. The number of nitrogens with zero attached hydrogens (tertiary/aromatic N) is 1. The van der Waals surface area contributed by atoms with Crippen molar-refractivity contribution in [3.05, 3.63) is 57.5 Å². The van der Waals surface area contributed by atoms with Gasteiger partial charge in [-0.15, -0.1) is 0 Å². The molecule has 6 nitrogen and oxygen atoms in total. The largest absolute Gasteiger partial charge is 0.469 e. The maximum absolute atomic E-state index is 12.6. The number of esters is 2. The first-order chi connectivity index (χ1) is 14.4. The van der Waals surface area contributed by atoms with Crippen molar-refractivity contribution in [2.45, 2.75) is 18.9 Å². The van der Waals surface area contributed by atoms with E-state index in [2.05, 4.69) is 42.2 Å². The highest BCUT2D eigenvalue weighted by Crippen LogP contribution is 2.33. The van der Waals surface area contributed by atoms with Crippen LogP contribution in [0.3, 0.4) is 0 Å². The molecule has 0 spiro atoms. The van der Waals surface area contributed by atoms with Crippen LogP contribution in [0.1, 0.15) is 12.8 Å². The van der Waals surface area contributed by atoms with Crippen LogP contribution in [-0.4, -0.2) is 37.9 Å². The fourth-order valence-electron chi connectivity index (χ4n) is 3.56. The fourth-order valence-corrected chi connectivity index (χ4v) is 4.09. The summed E-state index contributed by atoms with van der Waals surface area (Å²) in [5.74, 6) is -1.73. The van der Waals surface area contributed by atoms with Crippen molar-refractivity contribution in [1.29, 1.82) is 0 Å². The van der Waals surface area contributed by atoms with Gasteiger partial charge >= 0.3 is 11.9 Å². The van der Waals surface area contributed by atoms with Gasteiger partial charge in [0.1, 0.15) is 0 Å². The summed E-state index contributed by atoms with van der Waals surface area (Å²) in [6.45, 7) is 0. The van der Waals surface area contributed by atoms with E-state index in [0.29, 0.717) is 24.2 Å². The third kappa shape index (κ3) is 5.49. The van der Waals surface area contributed by atoms with Crippen LogP contribution in [0.4, 0.5) is 11.4 Å². The topological polar surface area (TPSA) is 77.0 Å². The zero-order valence-electron chi connectivity index (χ0n) is 16.6. The first-order valence-electron chi connectivity index (χ1n) is 9.42. The average Bonchev–Trinajstić information content (AvgIpc) is 2.76. The van der Waals surface area contributed by atoms with Crippen molar-refractivity contribution in [2.24, 2.45) is 16.8 Å². The smallest absolute Gasteiger partial charge is 0.314 e. The molecule has 30 heavy (non-hydrogen) atoms. The van der Waals surface area contributed by atoms with Gasteiger partial charge in [-0.2, -0.15) is 0 Å². The van der Waals surface area contributed by atoms with Crippen LogP contribution in [-0.2, 0) is 19.1 Å². The zero-order valence-corrected chi connectivity index (χ0v) is 19.8. The summed E-state index contributed by atoms with van der Waals surface area (Å²) in [6, 6.07) is 14.8. The Balaban J connectivity index is 1.93. The van der Waals surface area contributed by atoms with E-state index in [9.17, 15) is 9.59 Å². The molecular weight excluding hydrogens is 516 g/mol. The first-order valence-corrected chi connectivity index (χ1v) is 11.0. The molecule has 8 heteroatoms. The number of benzene rings is 2. The van der Waals surface area contributed by atoms with Crippen LogP contribution in [0, 0.1) is 11.8 Å². The van der Waals surface area contributed by atoms with E-state index < -0.39 is 11.8 Å². The van der Waals surface area contributed by atoms with Gasteiger partial charge in [0.05, 0.1) is 31.7 Å². The fraction of sp³-hybridized carbons (Fsp3) is 0.318. The van der Waals surface area contributed by atoms with E-state index >= 15 is 0 Å². The predicted molar refractivity (Wildman–Crippen MR) is 123 cm³/mol. The summed E-state index contributed by atoms with van der Waals surface area (Å²) in [5, 5.41) is 3.38. The highest BCUT2D eigenvalue weighted by atomic mass is 79.9. The third-order valence-electron chi connectivity index (χ3n) is 5.09. The summed E-state index contributed by atoms with van der Waals surface area (Å²) in [6.07, 6.45) is 0.675. The van der Waals surface area contributed by atoms with Gasteiger partial charge in [-0.25, -0.2) is 0 Å². The van der Waals surface area contributed by atoms with E-state index in [1.165, 1.54) is 14.2 Å². The molecule has 3 unspecified atom stereocenters. The molecule has 3 rings (SSSR count). The second-order valence-electron chi connectivity index (χ2n) is 6.98. The first kappa shape index (κ1) is 22.5. The normalized spacial score (nSPS) is 22.4. The number of rotatable bonds is 5. The maximum Gasteiger partial charge on any atom is 0.314 e. The molecule has 0 bridgehead atoms. The molecule has 0 aliphatic heterocycles. The summed E-state index contributed by atoms with van der Waals surface area (Å²) in [5.41, 5.74) is 2.19. The number of anilines is 1. The highest BCUT2D eigenvalue weighted by Gasteiger charge is 2.42. The SMILES string of the molecule is COC(=O)C1CC(Nc2ccc(Br)cc2)C(C(=O)OC)CC1=Nc1ccc(Br)cc1. The number of aliphatic imine (C=N–C) groups is 1. The molecule has 2 aromatic carbocycles.